The number of carboxylic acids is 1. The molecule has 3 N–H and O–H groups in total. The highest BCUT2D eigenvalue weighted by atomic mass is 16.4. The predicted octanol–water partition coefficient (Wildman–Crippen LogP) is 1.94. The summed E-state index contributed by atoms with van der Waals surface area (Å²) in [7, 11) is 0. The molecule has 112 valence electrons. The lowest BCUT2D eigenvalue weighted by atomic mass is 10.1. The summed E-state index contributed by atoms with van der Waals surface area (Å²) in [4.78, 5) is 34.1. The SMILES string of the molecule is CC(=O)Nc1ccc(NC(=O)[C@H]2[C@H](C(=O)O)C2(C)C)cc1. The maximum atomic E-state index is 12.1. The van der Waals surface area contributed by atoms with E-state index in [4.69, 9.17) is 5.11 Å². The van der Waals surface area contributed by atoms with Crippen LogP contribution in [0.4, 0.5) is 11.4 Å². The summed E-state index contributed by atoms with van der Waals surface area (Å²) >= 11 is 0. The molecule has 1 fully saturated rings. The van der Waals surface area contributed by atoms with E-state index in [1.807, 2.05) is 0 Å². The molecule has 2 amide bonds. The molecule has 0 radical (unpaired) electrons. The summed E-state index contributed by atoms with van der Waals surface area (Å²) < 4.78 is 0. The van der Waals surface area contributed by atoms with E-state index in [0.29, 0.717) is 11.4 Å². The number of hydrogen-bond donors (Lipinski definition) is 3. The van der Waals surface area contributed by atoms with E-state index in [2.05, 4.69) is 10.6 Å². The lowest BCUT2D eigenvalue weighted by molar-refractivity contribution is -0.140. The zero-order valence-corrected chi connectivity index (χ0v) is 12.1. The van der Waals surface area contributed by atoms with E-state index >= 15 is 0 Å². The van der Waals surface area contributed by atoms with Gasteiger partial charge < -0.3 is 15.7 Å². The Hall–Kier alpha value is -2.37. The topological polar surface area (TPSA) is 95.5 Å². The van der Waals surface area contributed by atoms with Crippen LogP contribution in [-0.2, 0) is 14.4 Å². The van der Waals surface area contributed by atoms with E-state index in [1.165, 1.54) is 6.92 Å². The van der Waals surface area contributed by atoms with Crippen LogP contribution < -0.4 is 10.6 Å². The molecule has 1 aromatic carbocycles. The van der Waals surface area contributed by atoms with Crippen LogP contribution in [-0.4, -0.2) is 22.9 Å². The second kappa shape index (κ2) is 5.20. The minimum Gasteiger partial charge on any atom is -0.481 e. The lowest BCUT2D eigenvalue weighted by Gasteiger charge is -2.07. The summed E-state index contributed by atoms with van der Waals surface area (Å²) in [5.41, 5.74) is 0.683. The van der Waals surface area contributed by atoms with E-state index in [9.17, 15) is 14.4 Å². The Labute approximate surface area is 122 Å². The molecule has 0 saturated heterocycles. The van der Waals surface area contributed by atoms with Crippen LogP contribution in [0.3, 0.4) is 0 Å². The van der Waals surface area contributed by atoms with Crippen molar-refractivity contribution in [2.75, 3.05) is 10.6 Å². The third-order valence-corrected chi connectivity index (χ3v) is 3.85. The molecule has 1 aliphatic carbocycles. The minimum absolute atomic E-state index is 0.171. The van der Waals surface area contributed by atoms with E-state index in [-0.39, 0.29) is 11.8 Å². The average molecular weight is 290 g/mol. The van der Waals surface area contributed by atoms with Gasteiger partial charge in [0.2, 0.25) is 11.8 Å². The molecule has 1 aliphatic rings. The van der Waals surface area contributed by atoms with Crippen molar-refractivity contribution in [3.05, 3.63) is 24.3 Å². The Kier molecular flexibility index (Phi) is 3.72. The van der Waals surface area contributed by atoms with Crippen LogP contribution in [0.5, 0.6) is 0 Å². The Morgan fingerprint density at radius 1 is 1.00 bits per heavy atom. The molecule has 0 aliphatic heterocycles. The normalized spacial score (nSPS) is 22.2. The van der Waals surface area contributed by atoms with Crippen molar-refractivity contribution in [2.24, 2.45) is 17.3 Å². The fraction of sp³-hybridized carbons (Fsp3) is 0.400. The van der Waals surface area contributed by atoms with Crippen LogP contribution >= 0.6 is 0 Å². The average Bonchev–Trinajstić information content (AvgIpc) is 2.94. The van der Waals surface area contributed by atoms with Crippen molar-refractivity contribution in [3.63, 3.8) is 0 Å². The maximum absolute atomic E-state index is 12.1. The van der Waals surface area contributed by atoms with Gasteiger partial charge in [-0.25, -0.2) is 0 Å². The van der Waals surface area contributed by atoms with Gasteiger partial charge >= 0.3 is 5.97 Å². The Morgan fingerprint density at radius 2 is 1.48 bits per heavy atom. The number of amides is 2. The quantitative estimate of drug-likeness (QED) is 0.789. The molecule has 0 bridgehead atoms. The molecule has 0 unspecified atom stereocenters. The second-order valence-electron chi connectivity index (χ2n) is 5.86. The number of nitrogens with one attached hydrogen (secondary N) is 2. The van der Waals surface area contributed by atoms with Crippen molar-refractivity contribution in [1.29, 1.82) is 0 Å². The monoisotopic (exact) mass is 290 g/mol. The molecule has 0 aromatic heterocycles. The predicted molar refractivity (Wildman–Crippen MR) is 77.8 cm³/mol. The first-order valence-electron chi connectivity index (χ1n) is 6.65. The fourth-order valence-corrected chi connectivity index (χ4v) is 2.65. The Balaban J connectivity index is 2.01. The van der Waals surface area contributed by atoms with Gasteiger partial charge in [-0.1, -0.05) is 13.8 Å². The van der Waals surface area contributed by atoms with Gasteiger partial charge in [0.25, 0.3) is 0 Å². The van der Waals surface area contributed by atoms with E-state index in [0.717, 1.165) is 0 Å². The first-order chi connectivity index (χ1) is 9.73. The molecule has 0 heterocycles. The molecule has 1 aromatic rings. The molecule has 6 heteroatoms. The van der Waals surface area contributed by atoms with Gasteiger partial charge in [-0.3, -0.25) is 14.4 Å². The number of rotatable bonds is 4. The summed E-state index contributed by atoms with van der Waals surface area (Å²) in [5, 5.41) is 14.4. The smallest absolute Gasteiger partial charge is 0.307 e. The van der Waals surface area contributed by atoms with Gasteiger partial charge in [0.05, 0.1) is 11.8 Å². The maximum Gasteiger partial charge on any atom is 0.307 e. The largest absolute Gasteiger partial charge is 0.481 e. The molecular formula is C15H18N2O4. The molecule has 1 saturated carbocycles. The van der Waals surface area contributed by atoms with Gasteiger partial charge in [0, 0.05) is 18.3 Å². The number of carbonyl (C=O) groups excluding carboxylic acids is 2. The van der Waals surface area contributed by atoms with Gasteiger partial charge in [-0.05, 0) is 29.7 Å². The number of carboxylic acid groups (broad SMARTS) is 1. The number of anilines is 2. The van der Waals surface area contributed by atoms with Crippen molar-refractivity contribution in [1.82, 2.24) is 0 Å². The number of benzene rings is 1. The first kappa shape index (κ1) is 15.0. The van der Waals surface area contributed by atoms with Crippen molar-refractivity contribution >= 4 is 29.2 Å². The summed E-state index contributed by atoms with van der Waals surface area (Å²) in [5.74, 6) is -2.57. The lowest BCUT2D eigenvalue weighted by Crippen LogP contribution is -2.17. The molecule has 6 nitrogen and oxygen atoms in total. The van der Waals surface area contributed by atoms with Crippen LogP contribution in [0.1, 0.15) is 20.8 Å². The van der Waals surface area contributed by atoms with Gasteiger partial charge in [0.1, 0.15) is 0 Å². The summed E-state index contributed by atoms with van der Waals surface area (Å²) in [6.45, 7) is 4.96. The van der Waals surface area contributed by atoms with Crippen LogP contribution in [0.15, 0.2) is 24.3 Å². The van der Waals surface area contributed by atoms with Crippen LogP contribution in [0, 0.1) is 17.3 Å². The molecule has 2 rings (SSSR count). The number of aliphatic carboxylic acids is 1. The first-order valence-corrected chi connectivity index (χ1v) is 6.65. The molecule has 0 spiro atoms. The molecule has 21 heavy (non-hydrogen) atoms. The van der Waals surface area contributed by atoms with Crippen molar-refractivity contribution < 1.29 is 19.5 Å². The molecule has 2 atom stereocenters. The standard InChI is InChI=1S/C15H18N2O4/c1-8(18)16-9-4-6-10(7-5-9)17-13(19)11-12(14(20)21)15(11,2)3/h4-7,11-12H,1-3H3,(H,16,18)(H,17,19)(H,20,21)/t11-,12-/m1/s1. The van der Waals surface area contributed by atoms with E-state index in [1.54, 1.807) is 38.1 Å². The fourth-order valence-electron chi connectivity index (χ4n) is 2.65. The van der Waals surface area contributed by atoms with Crippen molar-refractivity contribution in [2.45, 2.75) is 20.8 Å². The van der Waals surface area contributed by atoms with Gasteiger partial charge in [-0.15, -0.1) is 0 Å². The molecular weight excluding hydrogens is 272 g/mol. The van der Waals surface area contributed by atoms with Crippen molar-refractivity contribution in [3.8, 4) is 0 Å². The highest BCUT2D eigenvalue weighted by Gasteiger charge is 2.65. The van der Waals surface area contributed by atoms with Gasteiger partial charge in [0.15, 0.2) is 0 Å². The zero-order valence-electron chi connectivity index (χ0n) is 12.1. The minimum atomic E-state index is -0.943. The number of carbonyl (C=O) groups is 3. The summed E-state index contributed by atoms with van der Waals surface area (Å²) in [6, 6.07) is 6.66. The third kappa shape index (κ3) is 3.04. The summed E-state index contributed by atoms with van der Waals surface area (Å²) in [6.07, 6.45) is 0. The van der Waals surface area contributed by atoms with Crippen LogP contribution in [0.2, 0.25) is 0 Å². The second-order valence-corrected chi connectivity index (χ2v) is 5.86. The third-order valence-electron chi connectivity index (χ3n) is 3.85. The van der Waals surface area contributed by atoms with Crippen LogP contribution in [0.25, 0.3) is 0 Å². The highest BCUT2D eigenvalue weighted by molar-refractivity contribution is 6.00. The number of hydrogen-bond acceptors (Lipinski definition) is 3. The van der Waals surface area contributed by atoms with E-state index < -0.39 is 23.2 Å². The Bertz CT molecular complexity index is 592. The zero-order chi connectivity index (χ0) is 15.8. The van der Waals surface area contributed by atoms with Gasteiger partial charge in [-0.2, -0.15) is 0 Å². The highest BCUT2D eigenvalue weighted by Crippen LogP contribution is 2.58. The Morgan fingerprint density at radius 3 is 1.86 bits per heavy atom.